The Bertz CT molecular complexity index is 545. The van der Waals surface area contributed by atoms with Gasteiger partial charge in [-0.2, -0.15) is 5.10 Å². The van der Waals surface area contributed by atoms with Gasteiger partial charge in [0.1, 0.15) is 0 Å². The van der Waals surface area contributed by atoms with E-state index >= 15 is 0 Å². The van der Waals surface area contributed by atoms with Crippen LogP contribution >= 0.6 is 0 Å². The topological polar surface area (TPSA) is 67.2 Å². The molecule has 1 aromatic heterocycles. The summed E-state index contributed by atoms with van der Waals surface area (Å²) in [6.45, 7) is 4.14. The highest BCUT2D eigenvalue weighted by molar-refractivity contribution is 7.88. The number of aromatic nitrogens is 2. The Morgan fingerprint density at radius 3 is 2.60 bits per heavy atom. The molecule has 7 heteroatoms. The zero-order valence-electron chi connectivity index (χ0n) is 12.5. The quantitative estimate of drug-likeness (QED) is 0.860. The van der Waals surface area contributed by atoms with Crippen LogP contribution in [0.5, 0.6) is 0 Å². The van der Waals surface area contributed by atoms with Gasteiger partial charge in [0.2, 0.25) is 10.0 Å². The van der Waals surface area contributed by atoms with Gasteiger partial charge in [0.05, 0.1) is 11.9 Å². The summed E-state index contributed by atoms with van der Waals surface area (Å²) in [5.41, 5.74) is 2.37. The van der Waals surface area contributed by atoms with Crippen LogP contribution in [0.1, 0.15) is 31.0 Å². The van der Waals surface area contributed by atoms with Gasteiger partial charge >= 0.3 is 0 Å². The minimum absolute atomic E-state index is 0.387. The lowest BCUT2D eigenvalue weighted by molar-refractivity contribution is 0.290. The molecule has 2 heterocycles. The lowest BCUT2D eigenvalue weighted by Gasteiger charge is -2.30. The molecule has 1 N–H and O–H groups in total. The van der Waals surface area contributed by atoms with E-state index < -0.39 is 10.0 Å². The highest BCUT2D eigenvalue weighted by Gasteiger charge is 2.24. The van der Waals surface area contributed by atoms with Crippen molar-refractivity contribution >= 4 is 10.0 Å². The van der Waals surface area contributed by atoms with Crippen LogP contribution in [-0.2, 0) is 30.0 Å². The number of rotatable bonds is 5. The molecule has 1 fully saturated rings. The third-order valence-electron chi connectivity index (χ3n) is 3.83. The fourth-order valence-corrected chi connectivity index (χ4v) is 3.55. The molecule has 20 heavy (non-hydrogen) atoms. The first-order valence-electron chi connectivity index (χ1n) is 7.10. The van der Waals surface area contributed by atoms with Crippen LogP contribution in [0.2, 0.25) is 0 Å². The molecule has 6 nitrogen and oxygen atoms in total. The summed E-state index contributed by atoms with van der Waals surface area (Å²) in [5.74, 6) is 0. The Morgan fingerprint density at radius 2 is 2.05 bits per heavy atom. The predicted octanol–water partition coefficient (Wildman–Crippen LogP) is 0.496. The van der Waals surface area contributed by atoms with E-state index in [0.717, 1.165) is 31.5 Å². The standard InChI is InChI=1S/C13H24N4O2S/c1-4-13-11(10-16(2)15-13)9-14-12-5-7-17(8-6-12)20(3,18)19/h10,12,14H,4-9H2,1-3H3. The number of piperidine rings is 1. The van der Waals surface area contributed by atoms with Crippen molar-refractivity contribution in [2.75, 3.05) is 19.3 Å². The number of aryl methyl sites for hydroxylation is 2. The van der Waals surface area contributed by atoms with Crippen LogP contribution in [0.4, 0.5) is 0 Å². The molecule has 0 aromatic carbocycles. The van der Waals surface area contributed by atoms with Crippen LogP contribution in [0.15, 0.2) is 6.20 Å². The summed E-state index contributed by atoms with van der Waals surface area (Å²) in [7, 11) is -1.09. The first-order valence-corrected chi connectivity index (χ1v) is 8.95. The molecule has 0 bridgehead atoms. The molecule has 0 radical (unpaired) electrons. The van der Waals surface area contributed by atoms with Crippen molar-refractivity contribution in [2.45, 2.75) is 38.8 Å². The Labute approximate surface area is 121 Å². The Balaban J connectivity index is 1.84. The highest BCUT2D eigenvalue weighted by atomic mass is 32.2. The summed E-state index contributed by atoms with van der Waals surface area (Å²) in [6.07, 6.45) is 6.01. The summed E-state index contributed by atoms with van der Waals surface area (Å²) in [4.78, 5) is 0. The maximum absolute atomic E-state index is 11.5. The second kappa shape index (κ2) is 6.24. The predicted molar refractivity (Wildman–Crippen MR) is 78.9 cm³/mol. The van der Waals surface area contributed by atoms with Gasteiger partial charge < -0.3 is 5.32 Å². The van der Waals surface area contributed by atoms with Gasteiger partial charge in [-0.1, -0.05) is 6.92 Å². The van der Waals surface area contributed by atoms with E-state index in [0.29, 0.717) is 19.1 Å². The van der Waals surface area contributed by atoms with Crippen molar-refractivity contribution in [3.05, 3.63) is 17.5 Å². The molecule has 0 saturated carbocycles. The third kappa shape index (κ3) is 3.80. The second-order valence-corrected chi connectivity index (χ2v) is 7.43. The fourth-order valence-electron chi connectivity index (χ4n) is 2.67. The van der Waals surface area contributed by atoms with Crippen molar-refractivity contribution < 1.29 is 8.42 Å². The summed E-state index contributed by atoms with van der Waals surface area (Å²) < 4.78 is 26.3. The van der Waals surface area contributed by atoms with Gasteiger partial charge in [-0.25, -0.2) is 12.7 Å². The zero-order valence-corrected chi connectivity index (χ0v) is 13.3. The van der Waals surface area contributed by atoms with Crippen molar-refractivity contribution in [3.63, 3.8) is 0 Å². The minimum Gasteiger partial charge on any atom is -0.310 e. The van der Waals surface area contributed by atoms with Crippen molar-refractivity contribution in [1.29, 1.82) is 0 Å². The van der Waals surface area contributed by atoms with Crippen LogP contribution < -0.4 is 5.32 Å². The number of nitrogens with zero attached hydrogens (tertiary/aromatic N) is 3. The molecule has 0 amide bonds. The molecular formula is C13H24N4O2S. The van der Waals surface area contributed by atoms with Crippen LogP contribution in [0, 0.1) is 0 Å². The molecule has 2 rings (SSSR count). The van der Waals surface area contributed by atoms with Crippen molar-refractivity contribution in [1.82, 2.24) is 19.4 Å². The number of hydrogen-bond acceptors (Lipinski definition) is 4. The number of nitrogens with one attached hydrogen (secondary N) is 1. The molecule has 114 valence electrons. The molecule has 0 spiro atoms. The summed E-state index contributed by atoms with van der Waals surface area (Å²) in [6, 6.07) is 0.387. The van der Waals surface area contributed by atoms with Gasteiger partial charge in [0.15, 0.2) is 0 Å². The zero-order chi connectivity index (χ0) is 14.8. The molecular weight excluding hydrogens is 276 g/mol. The van der Waals surface area contributed by atoms with Crippen LogP contribution in [0.25, 0.3) is 0 Å². The summed E-state index contributed by atoms with van der Waals surface area (Å²) in [5, 5.41) is 7.95. The largest absolute Gasteiger partial charge is 0.310 e. The average Bonchev–Trinajstić information content (AvgIpc) is 2.76. The van der Waals surface area contributed by atoms with Crippen LogP contribution in [0.3, 0.4) is 0 Å². The van der Waals surface area contributed by atoms with Crippen LogP contribution in [-0.4, -0.2) is 47.9 Å². The van der Waals surface area contributed by atoms with Gasteiger partial charge in [-0.05, 0) is 19.3 Å². The van der Waals surface area contributed by atoms with Crippen molar-refractivity contribution in [3.8, 4) is 0 Å². The second-order valence-electron chi connectivity index (χ2n) is 5.45. The third-order valence-corrected chi connectivity index (χ3v) is 5.13. The average molecular weight is 300 g/mol. The van der Waals surface area contributed by atoms with Gasteiger partial charge in [0.25, 0.3) is 0 Å². The molecule has 1 saturated heterocycles. The molecule has 1 aliphatic heterocycles. The maximum atomic E-state index is 11.5. The lowest BCUT2D eigenvalue weighted by Crippen LogP contribution is -2.44. The number of hydrogen-bond donors (Lipinski definition) is 1. The van der Waals surface area contributed by atoms with Crippen molar-refractivity contribution in [2.24, 2.45) is 7.05 Å². The van der Waals surface area contributed by atoms with E-state index in [9.17, 15) is 8.42 Å². The Kier molecular flexibility index (Phi) is 4.82. The fraction of sp³-hybridized carbons (Fsp3) is 0.769. The van der Waals surface area contributed by atoms with E-state index in [1.54, 1.807) is 4.31 Å². The lowest BCUT2D eigenvalue weighted by atomic mass is 10.1. The van der Waals surface area contributed by atoms with Gasteiger partial charge in [-0.3, -0.25) is 4.68 Å². The first kappa shape index (κ1) is 15.5. The normalized spacial score (nSPS) is 18.6. The smallest absolute Gasteiger partial charge is 0.211 e. The monoisotopic (exact) mass is 300 g/mol. The molecule has 0 unspecified atom stereocenters. The van der Waals surface area contributed by atoms with E-state index in [2.05, 4.69) is 23.5 Å². The van der Waals surface area contributed by atoms with E-state index in [-0.39, 0.29) is 0 Å². The SMILES string of the molecule is CCc1nn(C)cc1CNC1CCN(S(C)(=O)=O)CC1. The summed E-state index contributed by atoms with van der Waals surface area (Å²) >= 11 is 0. The molecule has 1 aromatic rings. The number of sulfonamides is 1. The van der Waals surface area contributed by atoms with Gasteiger partial charge in [-0.15, -0.1) is 0 Å². The maximum Gasteiger partial charge on any atom is 0.211 e. The molecule has 0 aliphatic carbocycles. The Morgan fingerprint density at radius 1 is 1.40 bits per heavy atom. The highest BCUT2D eigenvalue weighted by Crippen LogP contribution is 2.14. The van der Waals surface area contributed by atoms with E-state index in [1.807, 2.05) is 11.7 Å². The molecule has 1 aliphatic rings. The Hall–Kier alpha value is -0.920. The first-order chi connectivity index (χ1) is 9.40. The molecule has 0 atom stereocenters. The minimum atomic E-state index is -3.03. The van der Waals surface area contributed by atoms with E-state index in [1.165, 1.54) is 11.8 Å². The van der Waals surface area contributed by atoms with E-state index in [4.69, 9.17) is 0 Å². The van der Waals surface area contributed by atoms with Gasteiger partial charge in [0, 0.05) is 44.5 Å².